The number of nitrogens with zero attached hydrogens (tertiary/aromatic N) is 3. The molecule has 0 saturated heterocycles. The van der Waals surface area contributed by atoms with Crippen LogP contribution in [0.5, 0.6) is 11.5 Å². The third-order valence-electron chi connectivity index (χ3n) is 4.58. The van der Waals surface area contributed by atoms with Crippen molar-refractivity contribution in [3.63, 3.8) is 0 Å². The van der Waals surface area contributed by atoms with Gasteiger partial charge in [0.1, 0.15) is 17.2 Å². The lowest BCUT2D eigenvalue weighted by molar-refractivity contribution is 0.111. The summed E-state index contributed by atoms with van der Waals surface area (Å²) in [6.07, 6.45) is 3.26. The molecule has 4 rings (SSSR count). The van der Waals surface area contributed by atoms with Gasteiger partial charge in [0.25, 0.3) is 0 Å². The first-order valence-corrected chi connectivity index (χ1v) is 9.08. The Morgan fingerprint density at radius 1 is 1.07 bits per heavy atom. The van der Waals surface area contributed by atoms with E-state index in [0.717, 1.165) is 29.1 Å². The van der Waals surface area contributed by atoms with E-state index in [2.05, 4.69) is 46.5 Å². The SMILES string of the molecule is CCc1ccc(Nc2nc3cc(Oc4ccnc(C=O)c4)ccc3n2C)cc1. The number of carbonyl (C=O) groups is 1. The highest BCUT2D eigenvalue weighted by atomic mass is 16.5. The van der Waals surface area contributed by atoms with Gasteiger partial charge in [-0.3, -0.25) is 9.78 Å². The lowest BCUT2D eigenvalue weighted by atomic mass is 10.1. The molecule has 0 spiro atoms. The van der Waals surface area contributed by atoms with Gasteiger partial charge in [0.2, 0.25) is 5.95 Å². The molecule has 0 unspecified atom stereocenters. The summed E-state index contributed by atoms with van der Waals surface area (Å²) in [7, 11) is 1.97. The average molecular weight is 372 g/mol. The number of hydrogen-bond acceptors (Lipinski definition) is 5. The minimum absolute atomic E-state index is 0.331. The first kappa shape index (κ1) is 17.7. The second-order valence-electron chi connectivity index (χ2n) is 6.46. The highest BCUT2D eigenvalue weighted by molar-refractivity contribution is 5.81. The van der Waals surface area contributed by atoms with E-state index < -0.39 is 0 Å². The molecule has 0 bridgehead atoms. The number of fused-ring (bicyclic) bond motifs is 1. The van der Waals surface area contributed by atoms with E-state index in [1.807, 2.05) is 29.8 Å². The maximum absolute atomic E-state index is 10.9. The standard InChI is InChI=1S/C22H20N4O2/c1-3-15-4-6-16(7-5-15)24-22-25-20-13-18(8-9-21(20)26(22)2)28-19-10-11-23-17(12-19)14-27/h4-14H,3H2,1-2H3,(H,24,25). The summed E-state index contributed by atoms with van der Waals surface area (Å²) in [4.78, 5) is 19.5. The zero-order chi connectivity index (χ0) is 19.5. The summed E-state index contributed by atoms with van der Waals surface area (Å²) in [5, 5.41) is 3.36. The first-order chi connectivity index (χ1) is 13.7. The number of carbonyl (C=O) groups excluding carboxylic acids is 1. The molecular weight excluding hydrogens is 352 g/mol. The molecule has 0 aliphatic heterocycles. The fourth-order valence-corrected chi connectivity index (χ4v) is 3.00. The van der Waals surface area contributed by atoms with E-state index in [1.165, 1.54) is 5.56 Å². The third kappa shape index (κ3) is 3.57. The molecule has 6 heteroatoms. The Morgan fingerprint density at radius 2 is 1.86 bits per heavy atom. The predicted molar refractivity (Wildman–Crippen MR) is 110 cm³/mol. The highest BCUT2D eigenvalue weighted by Crippen LogP contribution is 2.28. The van der Waals surface area contributed by atoms with Crippen LogP contribution in [-0.4, -0.2) is 20.8 Å². The Balaban J connectivity index is 1.60. The Morgan fingerprint density at radius 3 is 2.61 bits per heavy atom. The average Bonchev–Trinajstić information content (AvgIpc) is 3.03. The Kier molecular flexibility index (Phi) is 4.76. The van der Waals surface area contributed by atoms with Crippen LogP contribution in [0.2, 0.25) is 0 Å². The van der Waals surface area contributed by atoms with E-state index in [4.69, 9.17) is 4.74 Å². The number of ether oxygens (including phenoxy) is 1. The quantitative estimate of drug-likeness (QED) is 0.489. The number of imidazole rings is 1. The molecule has 2 aromatic heterocycles. The van der Waals surface area contributed by atoms with Crippen molar-refractivity contribution in [1.29, 1.82) is 0 Å². The fraction of sp³-hybridized carbons (Fsp3) is 0.136. The van der Waals surface area contributed by atoms with Crippen LogP contribution < -0.4 is 10.1 Å². The van der Waals surface area contributed by atoms with E-state index >= 15 is 0 Å². The van der Waals surface area contributed by atoms with Crippen molar-refractivity contribution in [2.24, 2.45) is 7.05 Å². The largest absolute Gasteiger partial charge is 0.457 e. The van der Waals surface area contributed by atoms with Crippen molar-refractivity contribution in [2.45, 2.75) is 13.3 Å². The predicted octanol–water partition coefficient (Wildman–Crippen LogP) is 4.88. The molecule has 0 fully saturated rings. The molecule has 4 aromatic rings. The van der Waals surface area contributed by atoms with E-state index in [1.54, 1.807) is 18.3 Å². The van der Waals surface area contributed by atoms with E-state index in [9.17, 15) is 4.79 Å². The van der Waals surface area contributed by atoms with Crippen LogP contribution >= 0.6 is 0 Å². The van der Waals surface area contributed by atoms with Gasteiger partial charge in [0.15, 0.2) is 6.29 Å². The van der Waals surface area contributed by atoms with Crippen LogP contribution in [0.4, 0.5) is 11.6 Å². The van der Waals surface area contributed by atoms with Crippen LogP contribution in [0.25, 0.3) is 11.0 Å². The van der Waals surface area contributed by atoms with Crippen molar-refractivity contribution in [2.75, 3.05) is 5.32 Å². The number of nitrogens with one attached hydrogen (secondary N) is 1. The maximum Gasteiger partial charge on any atom is 0.208 e. The van der Waals surface area contributed by atoms with Gasteiger partial charge < -0.3 is 14.6 Å². The molecular formula is C22H20N4O2. The molecule has 0 radical (unpaired) electrons. The Hall–Kier alpha value is -3.67. The maximum atomic E-state index is 10.9. The lowest BCUT2D eigenvalue weighted by Gasteiger charge is -2.07. The monoisotopic (exact) mass is 372 g/mol. The highest BCUT2D eigenvalue weighted by Gasteiger charge is 2.10. The number of aldehydes is 1. The molecule has 0 amide bonds. The summed E-state index contributed by atoms with van der Waals surface area (Å²) in [6, 6.07) is 17.4. The number of anilines is 2. The van der Waals surface area contributed by atoms with Crippen molar-refractivity contribution in [3.8, 4) is 11.5 Å². The van der Waals surface area contributed by atoms with Gasteiger partial charge in [0.05, 0.1) is 11.0 Å². The molecule has 0 atom stereocenters. The Bertz CT molecular complexity index is 1130. The summed E-state index contributed by atoms with van der Waals surface area (Å²) in [5.74, 6) is 1.96. The van der Waals surface area contributed by atoms with Crippen LogP contribution in [0.1, 0.15) is 23.0 Å². The van der Waals surface area contributed by atoms with E-state index in [0.29, 0.717) is 23.5 Å². The summed E-state index contributed by atoms with van der Waals surface area (Å²) in [6.45, 7) is 2.14. The summed E-state index contributed by atoms with van der Waals surface area (Å²) < 4.78 is 7.86. The third-order valence-corrected chi connectivity index (χ3v) is 4.58. The second kappa shape index (κ2) is 7.52. The lowest BCUT2D eigenvalue weighted by Crippen LogP contribution is -1.99. The van der Waals surface area contributed by atoms with Gasteiger partial charge in [-0.1, -0.05) is 19.1 Å². The minimum Gasteiger partial charge on any atom is -0.457 e. The number of rotatable bonds is 6. The molecule has 0 saturated carbocycles. The summed E-state index contributed by atoms with van der Waals surface area (Å²) >= 11 is 0. The van der Waals surface area contributed by atoms with Gasteiger partial charge in [-0.25, -0.2) is 4.98 Å². The topological polar surface area (TPSA) is 69.0 Å². The van der Waals surface area contributed by atoms with Crippen LogP contribution in [0.3, 0.4) is 0 Å². The zero-order valence-corrected chi connectivity index (χ0v) is 15.7. The van der Waals surface area contributed by atoms with Gasteiger partial charge in [-0.2, -0.15) is 0 Å². The minimum atomic E-state index is 0.331. The van der Waals surface area contributed by atoms with Crippen LogP contribution in [0, 0.1) is 0 Å². The molecule has 6 nitrogen and oxygen atoms in total. The van der Waals surface area contributed by atoms with Crippen molar-refractivity contribution in [3.05, 3.63) is 72.1 Å². The smallest absolute Gasteiger partial charge is 0.208 e. The molecule has 2 heterocycles. The van der Waals surface area contributed by atoms with Crippen molar-refractivity contribution in [1.82, 2.24) is 14.5 Å². The Labute approximate surface area is 162 Å². The van der Waals surface area contributed by atoms with Crippen LogP contribution in [0.15, 0.2) is 60.8 Å². The van der Waals surface area contributed by atoms with E-state index in [-0.39, 0.29) is 0 Å². The number of aryl methyl sites for hydroxylation is 2. The van der Waals surface area contributed by atoms with Crippen molar-refractivity contribution >= 4 is 29.0 Å². The normalized spacial score (nSPS) is 10.8. The van der Waals surface area contributed by atoms with Gasteiger partial charge in [-0.15, -0.1) is 0 Å². The second-order valence-corrected chi connectivity index (χ2v) is 6.46. The van der Waals surface area contributed by atoms with Crippen molar-refractivity contribution < 1.29 is 9.53 Å². The first-order valence-electron chi connectivity index (χ1n) is 9.08. The van der Waals surface area contributed by atoms with Gasteiger partial charge in [-0.05, 0) is 42.3 Å². The molecule has 28 heavy (non-hydrogen) atoms. The van der Waals surface area contributed by atoms with Gasteiger partial charge in [0, 0.05) is 31.1 Å². The molecule has 140 valence electrons. The zero-order valence-electron chi connectivity index (χ0n) is 15.7. The number of pyridine rings is 1. The molecule has 1 N–H and O–H groups in total. The number of hydrogen-bond donors (Lipinski definition) is 1. The molecule has 2 aromatic carbocycles. The molecule has 0 aliphatic rings. The van der Waals surface area contributed by atoms with Crippen LogP contribution in [-0.2, 0) is 13.5 Å². The number of benzene rings is 2. The van der Waals surface area contributed by atoms with Gasteiger partial charge >= 0.3 is 0 Å². The summed E-state index contributed by atoms with van der Waals surface area (Å²) in [5.41, 5.74) is 4.43. The number of aromatic nitrogens is 3. The fourth-order valence-electron chi connectivity index (χ4n) is 3.00. The molecule has 0 aliphatic carbocycles.